The first-order valence-corrected chi connectivity index (χ1v) is 7.89. The number of benzene rings is 2. The summed E-state index contributed by atoms with van der Waals surface area (Å²) in [4.78, 5) is 23.1. The van der Waals surface area contributed by atoms with Gasteiger partial charge in [0.05, 0.1) is 11.0 Å². The van der Waals surface area contributed by atoms with Gasteiger partial charge in [-0.1, -0.05) is 24.3 Å². The van der Waals surface area contributed by atoms with Gasteiger partial charge in [-0.2, -0.15) is 0 Å². The second-order valence-electron chi connectivity index (χ2n) is 4.80. The number of carbonyl (C=O) groups is 2. The third kappa shape index (κ3) is 5.41. The van der Waals surface area contributed by atoms with Crippen molar-refractivity contribution >= 4 is 33.4 Å². The van der Waals surface area contributed by atoms with E-state index >= 15 is 0 Å². The Bertz CT molecular complexity index is 704. The highest BCUT2D eigenvalue weighted by Crippen LogP contribution is 2.23. The first-order chi connectivity index (χ1) is 11.1. The molecule has 5 nitrogen and oxygen atoms in total. The number of para-hydroxylation sites is 1. The van der Waals surface area contributed by atoms with Crippen LogP contribution in [0.1, 0.15) is 17.3 Å². The van der Waals surface area contributed by atoms with E-state index in [4.69, 9.17) is 4.74 Å². The van der Waals surface area contributed by atoms with E-state index in [9.17, 15) is 9.59 Å². The summed E-state index contributed by atoms with van der Waals surface area (Å²) < 4.78 is 6.42. The van der Waals surface area contributed by atoms with Crippen LogP contribution < -0.4 is 15.4 Å². The molecule has 0 bridgehead atoms. The standard InChI is InChI=1S/C17H17BrN2O3/c1-12(21)13-5-4-6-14(11-13)20-17(22)19-9-10-23-16-8-3-2-7-15(16)18/h2-8,11H,9-10H2,1H3,(H2,19,20,22). The second-order valence-corrected chi connectivity index (χ2v) is 5.65. The molecular formula is C17H17BrN2O3. The number of ketones is 1. The van der Waals surface area contributed by atoms with Crippen molar-refractivity contribution in [2.75, 3.05) is 18.5 Å². The molecule has 0 unspecified atom stereocenters. The first-order valence-electron chi connectivity index (χ1n) is 7.09. The summed E-state index contributed by atoms with van der Waals surface area (Å²) in [5.41, 5.74) is 1.13. The molecule has 0 heterocycles. The second kappa shape index (κ2) is 8.33. The minimum Gasteiger partial charge on any atom is -0.491 e. The Labute approximate surface area is 143 Å². The average Bonchev–Trinajstić information content (AvgIpc) is 2.53. The lowest BCUT2D eigenvalue weighted by molar-refractivity contribution is 0.101. The molecule has 120 valence electrons. The summed E-state index contributed by atoms with van der Waals surface area (Å²) in [6, 6.07) is 14.0. The molecule has 0 atom stereocenters. The smallest absolute Gasteiger partial charge is 0.319 e. The van der Waals surface area contributed by atoms with E-state index in [-0.39, 0.29) is 11.8 Å². The Morgan fingerprint density at radius 2 is 1.91 bits per heavy atom. The number of Topliss-reactive ketones (excluding diaryl/α,β-unsaturated/α-hetero) is 1. The maximum absolute atomic E-state index is 11.8. The van der Waals surface area contributed by atoms with Gasteiger partial charge in [0.1, 0.15) is 12.4 Å². The van der Waals surface area contributed by atoms with Gasteiger partial charge in [-0.3, -0.25) is 4.79 Å². The topological polar surface area (TPSA) is 67.4 Å². The number of amides is 2. The van der Waals surface area contributed by atoms with Gasteiger partial charge in [-0.15, -0.1) is 0 Å². The van der Waals surface area contributed by atoms with E-state index in [1.165, 1.54) is 6.92 Å². The van der Waals surface area contributed by atoms with E-state index in [0.717, 1.165) is 10.2 Å². The zero-order valence-electron chi connectivity index (χ0n) is 12.6. The van der Waals surface area contributed by atoms with E-state index in [0.29, 0.717) is 24.4 Å². The van der Waals surface area contributed by atoms with Gasteiger partial charge in [-0.05, 0) is 47.1 Å². The molecule has 0 aliphatic rings. The van der Waals surface area contributed by atoms with Crippen molar-refractivity contribution < 1.29 is 14.3 Å². The Hall–Kier alpha value is -2.34. The Morgan fingerprint density at radius 3 is 2.65 bits per heavy atom. The minimum atomic E-state index is -0.346. The fraction of sp³-hybridized carbons (Fsp3) is 0.176. The van der Waals surface area contributed by atoms with Crippen molar-refractivity contribution in [1.82, 2.24) is 5.32 Å². The molecule has 0 fully saturated rings. The summed E-state index contributed by atoms with van der Waals surface area (Å²) in [5.74, 6) is 0.680. The SMILES string of the molecule is CC(=O)c1cccc(NC(=O)NCCOc2ccccc2Br)c1. The highest BCUT2D eigenvalue weighted by atomic mass is 79.9. The summed E-state index contributed by atoms with van der Waals surface area (Å²) >= 11 is 3.39. The van der Waals surface area contributed by atoms with Crippen LogP contribution in [-0.4, -0.2) is 25.0 Å². The normalized spacial score (nSPS) is 10.0. The van der Waals surface area contributed by atoms with Gasteiger partial charge < -0.3 is 15.4 Å². The van der Waals surface area contributed by atoms with Gasteiger partial charge >= 0.3 is 6.03 Å². The third-order valence-corrected chi connectivity index (χ3v) is 3.66. The molecule has 0 saturated heterocycles. The number of rotatable bonds is 6. The number of hydrogen-bond acceptors (Lipinski definition) is 3. The zero-order valence-corrected chi connectivity index (χ0v) is 14.2. The molecule has 2 amide bonds. The molecule has 0 saturated carbocycles. The van der Waals surface area contributed by atoms with Crippen molar-refractivity contribution in [3.63, 3.8) is 0 Å². The van der Waals surface area contributed by atoms with E-state index in [2.05, 4.69) is 26.6 Å². The predicted molar refractivity (Wildman–Crippen MR) is 93.1 cm³/mol. The number of hydrogen-bond donors (Lipinski definition) is 2. The van der Waals surface area contributed by atoms with Gasteiger partial charge in [-0.25, -0.2) is 4.79 Å². The van der Waals surface area contributed by atoms with Crippen molar-refractivity contribution in [2.24, 2.45) is 0 Å². The molecule has 0 aliphatic carbocycles. The summed E-state index contributed by atoms with van der Waals surface area (Å²) in [6.07, 6.45) is 0. The molecule has 23 heavy (non-hydrogen) atoms. The Kier molecular flexibility index (Phi) is 6.17. The van der Waals surface area contributed by atoms with Crippen LogP contribution in [0.25, 0.3) is 0 Å². The van der Waals surface area contributed by atoms with Crippen LogP contribution in [0.15, 0.2) is 53.0 Å². The number of nitrogens with one attached hydrogen (secondary N) is 2. The number of anilines is 1. The monoisotopic (exact) mass is 376 g/mol. The lowest BCUT2D eigenvalue weighted by Gasteiger charge is -2.10. The first kappa shape index (κ1) is 17.0. The van der Waals surface area contributed by atoms with Crippen LogP contribution in [0.2, 0.25) is 0 Å². The fourth-order valence-corrected chi connectivity index (χ4v) is 2.28. The highest BCUT2D eigenvalue weighted by Gasteiger charge is 2.04. The van der Waals surface area contributed by atoms with Crippen LogP contribution in [0.4, 0.5) is 10.5 Å². The maximum atomic E-state index is 11.8. The number of halogens is 1. The molecule has 0 radical (unpaired) electrons. The molecular weight excluding hydrogens is 360 g/mol. The average molecular weight is 377 g/mol. The van der Waals surface area contributed by atoms with Crippen LogP contribution in [-0.2, 0) is 0 Å². The quantitative estimate of drug-likeness (QED) is 0.594. The Morgan fingerprint density at radius 1 is 1.13 bits per heavy atom. The van der Waals surface area contributed by atoms with E-state index in [1.54, 1.807) is 24.3 Å². The highest BCUT2D eigenvalue weighted by molar-refractivity contribution is 9.10. The third-order valence-electron chi connectivity index (χ3n) is 3.01. The number of ether oxygens (including phenoxy) is 1. The van der Waals surface area contributed by atoms with E-state index in [1.807, 2.05) is 24.3 Å². The molecule has 6 heteroatoms. The lowest BCUT2D eigenvalue weighted by Crippen LogP contribution is -2.32. The molecule has 0 spiro atoms. The van der Waals surface area contributed by atoms with Crippen molar-refractivity contribution in [3.05, 3.63) is 58.6 Å². The molecule has 0 aromatic heterocycles. The largest absolute Gasteiger partial charge is 0.491 e. The Balaban J connectivity index is 1.76. The number of carbonyl (C=O) groups excluding carboxylic acids is 2. The molecule has 0 aliphatic heterocycles. The minimum absolute atomic E-state index is 0.0455. The van der Waals surface area contributed by atoms with E-state index < -0.39 is 0 Å². The van der Waals surface area contributed by atoms with Gasteiger partial charge in [0.2, 0.25) is 0 Å². The summed E-state index contributed by atoms with van der Waals surface area (Å²) in [7, 11) is 0. The van der Waals surface area contributed by atoms with Gasteiger partial charge in [0.25, 0.3) is 0 Å². The predicted octanol–water partition coefficient (Wildman–Crippen LogP) is 3.85. The van der Waals surface area contributed by atoms with Crippen LogP contribution in [0, 0.1) is 0 Å². The number of urea groups is 1. The van der Waals surface area contributed by atoms with Crippen molar-refractivity contribution in [1.29, 1.82) is 0 Å². The van der Waals surface area contributed by atoms with Gasteiger partial charge in [0, 0.05) is 11.3 Å². The summed E-state index contributed by atoms with van der Waals surface area (Å²) in [5, 5.41) is 5.37. The van der Waals surface area contributed by atoms with Crippen LogP contribution in [0.5, 0.6) is 5.75 Å². The maximum Gasteiger partial charge on any atom is 0.319 e. The van der Waals surface area contributed by atoms with Crippen LogP contribution >= 0.6 is 15.9 Å². The molecule has 2 rings (SSSR count). The van der Waals surface area contributed by atoms with Crippen molar-refractivity contribution in [3.8, 4) is 5.75 Å². The zero-order chi connectivity index (χ0) is 16.7. The fourth-order valence-electron chi connectivity index (χ4n) is 1.88. The van der Waals surface area contributed by atoms with Crippen LogP contribution in [0.3, 0.4) is 0 Å². The summed E-state index contributed by atoms with van der Waals surface area (Å²) in [6.45, 7) is 2.20. The molecule has 2 aromatic carbocycles. The lowest BCUT2D eigenvalue weighted by atomic mass is 10.1. The molecule has 2 N–H and O–H groups in total. The van der Waals surface area contributed by atoms with Crippen molar-refractivity contribution in [2.45, 2.75) is 6.92 Å². The molecule has 2 aromatic rings. The van der Waals surface area contributed by atoms with Gasteiger partial charge in [0.15, 0.2) is 5.78 Å².